The Morgan fingerprint density at radius 2 is 1.39 bits per heavy atom. The zero-order chi connectivity index (χ0) is 19.2. The number of hydrogen-bond donors (Lipinski definition) is 1. The smallest absolute Gasteiger partial charge is 1.00 e. The van der Waals surface area contributed by atoms with E-state index in [0.717, 1.165) is 0 Å². The maximum Gasteiger partial charge on any atom is 1.00 e. The molecule has 0 aliphatic carbocycles. The van der Waals surface area contributed by atoms with Crippen molar-refractivity contribution in [3.05, 3.63) is 67.1 Å². The molecule has 0 saturated heterocycles. The first-order valence-electron chi connectivity index (χ1n) is 9.12. The van der Waals surface area contributed by atoms with Crippen LogP contribution in [-0.4, -0.2) is 39.3 Å². The zero-order valence-electron chi connectivity index (χ0n) is 17.6. The van der Waals surface area contributed by atoms with Gasteiger partial charge in [-0.3, -0.25) is 0 Å². The van der Waals surface area contributed by atoms with Gasteiger partial charge in [-0.15, -0.1) is 0 Å². The normalized spacial score (nSPS) is 13.8. The standard InChI is InChI=1S/C22H31O3Si.ClH.Hg/c1-18(16-19(17-23)24-5)25-26(22(2,3)4,20-12-8-6-9-13-20)21-14-10-7-11-15-21;;/h6-16,18-19,23H,17H2,1-5H3;1H;/q;;+1/p-1/t18-,19+;;/m0../s1. The number of aliphatic hydroxyl groups is 1. The molecule has 3 nitrogen and oxygen atoms in total. The molecule has 150 valence electrons. The third-order valence-corrected chi connectivity index (χ3v) is 9.88. The van der Waals surface area contributed by atoms with Crippen molar-refractivity contribution in [3.63, 3.8) is 0 Å². The number of rotatable bonds is 8. The molecule has 0 amide bonds. The van der Waals surface area contributed by atoms with Crippen LogP contribution in [0.3, 0.4) is 0 Å². The van der Waals surface area contributed by atoms with Gasteiger partial charge < -0.3 is 26.7 Å². The molecule has 0 aromatic heterocycles. The number of halogens is 1. The topological polar surface area (TPSA) is 38.7 Å². The van der Waals surface area contributed by atoms with E-state index in [2.05, 4.69) is 69.3 Å². The molecule has 2 radical (unpaired) electrons. The molecule has 0 spiro atoms. The molecule has 28 heavy (non-hydrogen) atoms. The van der Waals surface area contributed by atoms with Crippen molar-refractivity contribution in [1.29, 1.82) is 0 Å². The Hall–Kier alpha value is -0.238. The molecule has 6 heteroatoms. The van der Waals surface area contributed by atoms with Gasteiger partial charge in [-0.05, 0) is 22.3 Å². The van der Waals surface area contributed by atoms with E-state index in [-0.39, 0.29) is 63.9 Å². The fourth-order valence-electron chi connectivity index (χ4n) is 3.53. The van der Waals surface area contributed by atoms with E-state index < -0.39 is 8.32 Å². The van der Waals surface area contributed by atoms with Crippen molar-refractivity contribution in [3.8, 4) is 0 Å². The van der Waals surface area contributed by atoms with E-state index in [0.29, 0.717) is 0 Å². The average molecular weight is 608 g/mol. The van der Waals surface area contributed by atoms with Crippen LogP contribution >= 0.6 is 0 Å². The quantitative estimate of drug-likeness (QED) is 0.435. The Bertz CT molecular complexity index is 621. The largest absolute Gasteiger partial charge is 1.00 e. The van der Waals surface area contributed by atoms with Gasteiger partial charge in [0.2, 0.25) is 0 Å². The number of methoxy groups -OCH3 is 1. The van der Waals surface area contributed by atoms with Gasteiger partial charge in [0, 0.05) is 19.6 Å². The predicted molar refractivity (Wildman–Crippen MR) is 110 cm³/mol. The second kappa shape index (κ2) is 12.5. The zero-order valence-corrected chi connectivity index (χ0v) is 24.8. The van der Waals surface area contributed by atoms with Gasteiger partial charge in [-0.1, -0.05) is 81.4 Å². The molecule has 0 aliphatic heterocycles. The van der Waals surface area contributed by atoms with E-state index in [1.54, 1.807) is 7.11 Å². The van der Waals surface area contributed by atoms with Gasteiger partial charge in [-0.25, -0.2) is 0 Å². The summed E-state index contributed by atoms with van der Waals surface area (Å²) in [7, 11) is -0.969. The Kier molecular flexibility index (Phi) is 12.3. The molecule has 2 aromatic carbocycles. The van der Waals surface area contributed by atoms with Gasteiger partial charge in [0.15, 0.2) is 0 Å². The van der Waals surface area contributed by atoms with Crippen LogP contribution in [0.25, 0.3) is 0 Å². The van der Waals surface area contributed by atoms with E-state index in [1.807, 2.05) is 25.5 Å². The molecular formula is C22H31ClHgO3Si. The summed E-state index contributed by atoms with van der Waals surface area (Å²) in [6.45, 7) is 8.75. The van der Waals surface area contributed by atoms with E-state index >= 15 is 0 Å². The van der Waals surface area contributed by atoms with Crippen LogP contribution < -0.4 is 22.8 Å². The van der Waals surface area contributed by atoms with Crippen LogP contribution in [0.15, 0.2) is 60.7 Å². The summed E-state index contributed by atoms with van der Waals surface area (Å²) in [6, 6.07) is 21.1. The third kappa shape index (κ3) is 6.38. The van der Waals surface area contributed by atoms with Gasteiger partial charge in [0.05, 0.1) is 12.7 Å². The summed E-state index contributed by atoms with van der Waals surface area (Å²) < 4.78 is 12.2. The summed E-state index contributed by atoms with van der Waals surface area (Å²) in [4.78, 5) is 0. The van der Waals surface area contributed by atoms with Crippen LogP contribution in [0.5, 0.6) is 0 Å². The van der Waals surface area contributed by atoms with Crippen molar-refractivity contribution in [2.45, 2.75) is 44.9 Å². The first-order chi connectivity index (χ1) is 12.3. The molecule has 0 aliphatic rings. The Morgan fingerprint density at radius 3 is 1.71 bits per heavy atom. The van der Waals surface area contributed by atoms with Crippen molar-refractivity contribution in [2.75, 3.05) is 13.7 Å². The molecular weight excluding hydrogens is 576 g/mol. The van der Waals surface area contributed by atoms with E-state index in [4.69, 9.17) is 9.16 Å². The van der Waals surface area contributed by atoms with Crippen LogP contribution in [0, 0.1) is 6.42 Å². The van der Waals surface area contributed by atoms with Gasteiger partial charge in [0.1, 0.15) is 0 Å². The number of ether oxygens (including phenoxy) is 1. The van der Waals surface area contributed by atoms with Crippen molar-refractivity contribution >= 4 is 18.7 Å². The number of hydrogen-bond acceptors (Lipinski definition) is 3. The molecule has 2 aromatic rings. The minimum Gasteiger partial charge on any atom is -1.00 e. The van der Waals surface area contributed by atoms with Gasteiger partial charge in [-0.2, -0.15) is 0 Å². The molecule has 0 fully saturated rings. The summed E-state index contributed by atoms with van der Waals surface area (Å²) in [5, 5.41) is 11.9. The molecule has 2 atom stereocenters. The van der Waals surface area contributed by atoms with Gasteiger partial charge >= 0.3 is 27.7 Å². The molecule has 2 rings (SSSR count). The predicted octanol–water partition coefficient (Wildman–Crippen LogP) is 0.165. The molecule has 0 unspecified atom stereocenters. The SMILES string of the molecule is CO[C@H]([CH][C@H](C)O[Si](c1ccccc1)(c1ccccc1)C(C)(C)C)CO.[Cl-].[Hg+]. The maximum absolute atomic E-state index is 9.47. The summed E-state index contributed by atoms with van der Waals surface area (Å²) >= 11 is 0. The fourth-order valence-corrected chi connectivity index (χ4v) is 8.18. The second-order valence-corrected chi connectivity index (χ2v) is 11.9. The average Bonchev–Trinajstić information content (AvgIpc) is 2.64. The molecule has 0 bridgehead atoms. The first kappa shape index (κ1) is 27.8. The fraction of sp³-hybridized carbons (Fsp3) is 0.409. The first-order valence-corrected chi connectivity index (χ1v) is 11.0. The molecule has 0 heterocycles. The van der Waals surface area contributed by atoms with Crippen LogP contribution in [-0.2, 0) is 36.8 Å². The minimum atomic E-state index is -2.57. The monoisotopic (exact) mass is 608 g/mol. The van der Waals surface area contributed by atoms with Crippen LogP contribution in [0.2, 0.25) is 5.04 Å². The van der Waals surface area contributed by atoms with E-state index in [1.165, 1.54) is 10.4 Å². The van der Waals surface area contributed by atoms with Crippen molar-refractivity contribution in [2.24, 2.45) is 0 Å². The van der Waals surface area contributed by atoms with E-state index in [9.17, 15) is 5.11 Å². The number of benzene rings is 2. The number of aliphatic hydroxyl groups excluding tert-OH is 1. The Labute approximate surface area is 197 Å². The summed E-state index contributed by atoms with van der Waals surface area (Å²) in [5.74, 6) is 0. The Balaban J connectivity index is 0.00000364. The third-order valence-electron chi connectivity index (χ3n) is 4.75. The maximum atomic E-state index is 9.47. The summed E-state index contributed by atoms with van der Waals surface area (Å²) in [5.41, 5.74) is 0. The second-order valence-electron chi connectivity index (χ2n) is 7.64. The molecule has 1 N–H and O–H groups in total. The van der Waals surface area contributed by atoms with Crippen molar-refractivity contribution < 1.29 is 54.3 Å². The van der Waals surface area contributed by atoms with Crippen LogP contribution in [0.4, 0.5) is 0 Å². The molecule has 0 saturated carbocycles. The Morgan fingerprint density at radius 1 is 0.964 bits per heavy atom. The minimum absolute atomic E-state index is 0. The van der Waals surface area contributed by atoms with Crippen LogP contribution in [0.1, 0.15) is 27.7 Å². The summed E-state index contributed by atoms with van der Waals surface area (Å²) in [6.07, 6.45) is 1.46. The van der Waals surface area contributed by atoms with Crippen molar-refractivity contribution in [1.82, 2.24) is 0 Å². The van der Waals surface area contributed by atoms with Gasteiger partial charge in [0.25, 0.3) is 8.32 Å².